The molecular weight excluding hydrogens is 166 g/mol. The summed E-state index contributed by atoms with van der Waals surface area (Å²) >= 11 is 0. The Morgan fingerprint density at radius 2 is 1.92 bits per heavy atom. The number of carboxylic acid groups (broad SMARTS) is 1. The van der Waals surface area contributed by atoms with E-state index in [-0.39, 0.29) is 0 Å². The Morgan fingerprint density at radius 1 is 1.38 bits per heavy atom. The molecule has 0 bridgehead atoms. The van der Waals surface area contributed by atoms with Gasteiger partial charge in [-0.05, 0) is 18.3 Å². The first kappa shape index (κ1) is 12.4. The summed E-state index contributed by atoms with van der Waals surface area (Å²) in [5.41, 5.74) is 5.71. The lowest BCUT2D eigenvalue weighted by atomic mass is 9.89. The summed E-state index contributed by atoms with van der Waals surface area (Å²) in [6, 6.07) is -0.681. The van der Waals surface area contributed by atoms with Crippen LogP contribution in [-0.4, -0.2) is 17.1 Å². The standard InChI is InChI=1S/C10H21NO2/c1-10(2,3)7-5-4-6-8(11)9(12)13/h8H,4-7,11H2,1-3H3,(H,12,13). The van der Waals surface area contributed by atoms with Crippen LogP contribution in [0.4, 0.5) is 0 Å². The highest BCUT2D eigenvalue weighted by Crippen LogP contribution is 2.22. The smallest absolute Gasteiger partial charge is 0.320 e. The van der Waals surface area contributed by atoms with E-state index >= 15 is 0 Å². The van der Waals surface area contributed by atoms with Gasteiger partial charge in [0.2, 0.25) is 0 Å². The molecule has 0 aromatic carbocycles. The number of carboxylic acids is 1. The van der Waals surface area contributed by atoms with E-state index in [2.05, 4.69) is 20.8 Å². The number of aliphatic carboxylic acids is 1. The van der Waals surface area contributed by atoms with Crippen molar-refractivity contribution in [1.29, 1.82) is 0 Å². The summed E-state index contributed by atoms with van der Waals surface area (Å²) < 4.78 is 0. The number of carbonyl (C=O) groups is 1. The molecular formula is C10H21NO2. The molecule has 3 heteroatoms. The van der Waals surface area contributed by atoms with E-state index in [1.807, 2.05) is 0 Å². The van der Waals surface area contributed by atoms with Gasteiger partial charge in [-0.25, -0.2) is 0 Å². The first-order valence-corrected chi connectivity index (χ1v) is 4.81. The van der Waals surface area contributed by atoms with Gasteiger partial charge in [0.05, 0.1) is 0 Å². The van der Waals surface area contributed by atoms with Crippen molar-refractivity contribution in [1.82, 2.24) is 0 Å². The fraction of sp³-hybridized carbons (Fsp3) is 0.900. The summed E-state index contributed by atoms with van der Waals surface area (Å²) in [5, 5.41) is 8.52. The Kier molecular flexibility index (Phi) is 4.99. The van der Waals surface area contributed by atoms with E-state index in [1.54, 1.807) is 0 Å². The second-order valence-corrected chi connectivity index (χ2v) is 4.75. The monoisotopic (exact) mass is 187 g/mol. The maximum absolute atomic E-state index is 10.4. The van der Waals surface area contributed by atoms with Gasteiger partial charge in [0.25, 0.3) is 0 Å². The normalized spacial score (nSPS) is 14.2. The Hall–Kier alpha value is -0.570. The molecule has 78 valence electrons. The molecule has 13 heavy (non-hydrogen) atoms. The molecule has 0 saturated carbocycles. The molecule has 0 rings (SSSR count). The number of hydrogen-bond donors (Lipinski definition) is 2. The largest absolute Gasteiger partial charge is 0.480 e. The van der Waals surface area contributed by atoms with E-state index in [0.29, 0.717) is 11.8 Å². The minimum absolute atomic E-state index is 0.341. The molecule has 0 aliphatic carbocycles. The molecule has 0 saturated heterocycles. The molecule has 0 fully saturated rings. The summed E-state index contributed by atoms with van der Waals surface area (Å²) in [7, 11) is 0. The predicted molar refractivity (Wildman–Crippen MR) is 53.5 cm³/mol. The van der Waals surface area contributed by atoms with Gasteiger partial charge in [-0.2, -0.15) is 0 Å². The van der Waals surface area contributed by atoms with Crippen LogP contribution >= 0.6 is 0 Å². The van der Waals surface area contributed by atoms with Gasteiger partial charge in [-0.3, -0.25) is 4.79 Å². The Labute approximate surface area is 80.3 Å². The van der Waals surface area contributed by atoms with E-state index in [1.165, 1.54) is 0 Å². The highest BCUT2D eigenvalue weighted by Gasteiger charge is 2.12. The average molecular weight is 187 g/mol. The summed E-state index contributed by atoms with van der Waals surface area (Å²) in [5.74, 6) is -0.893. The third kappa shape index (κ3) is 7.78. The minimum Gasteiger partial charge on any atom is -0.480 e. The van der Waals surface area contributed by atoms with Gasteiger partial charge in [0.1, 0.15) is 6.04 Å². The molecule has 0 amide bonds. The Bertz CT molecular complexity index is 161. The van der Waals surface area contributed by atoms with Crippen molar-refractivity contribution in [3.8, 4) is 0 Å². The van der Waals surface area contributed by atoms with Crippen molar-refractivity contribution in [2.75, 3.05) is 0 Å². The van der Waals surface area contributed by atoms with Crippen LogP contribution in [0.2, 0.25) is 0 Å². The van der Waals surface area contributed by atoms with Gasteiger partial charge in [0.15, 0.2) is 0 Å². The van der Waals surface area contributed by atoms with Crippen molar-refractivity contribution >= 4 is 5.97 Å². The first-order chi connectivity index (χ1) is 5.83. The maximum Gasteiger partial charge on any atom is 0.320 e. The van der Waals surface area contributed by atoms with Crippen LogP contribution in [0.15, 0.2) is 0 Å². The van der Waals surface area contributed by atoms with Crippen LogP contribution in [0.25, 0.3) is 0 Å². The zero-order valence-electron chi connectivity index (χ0n) is 8.84. The highest BCUT2D eigenvalue weighted by atomic mass is 16.4. The Balaban J connectivity index is 3.41. The van der Waals surface area contributed by atoms with E-state index < -0.39 is 12.0 Å². The van der Waals surface area contributed by atoms with Crippen molar-refractivity contribution in [3.05, 3.63) is 0 Å². The van der Waals surface area contributed by atoms with Crippen molar-refractivity contribution in [2.45, 2.75) is 52.5 Å². The minimum atomic E-state index is -0.893. The lowest BCUT2D eigenvalue weighted by molar-refractivity contribution is -0.138. The summed E-state index contributed by atoms with van der Waals surface area (Å²) in [6.07, 6.45) is 3.68. The van der Waals surface area contributed by atoms with Crippen molar-refractivity contribution in [2.24, 2.45) is 11.1 Å². The zero-order chi connectivity index (χ0) is 10.5. The molecule has 0 heterocycles. The first-order valence-electron chi connectivity index (χ1n) is 4.81. The third-order valence-corrected chi connectivity index (χ3v) is 2.01. The van der Waals surface area contributed by atoms with Crippen LogP contribution in [0, 0.1) is 5.41 Å². The van der Waals surface area contributed by atoms with Gasteiger partial charge < -0.3 is 10.8 Å². The number of hydrogen-bond acceptors (Lipinski definition) is 2. The molecule has 0 aromatic heterocycles. The quantitative estimate of drug-likeness (QED) is 0.647. The molecule has 0 spiro atoms. The topological polar surface area (TPSA) is 63.3 Å². The number of unbranched alkanes of at least 4 members (excludes halogenated alkanes) is 1. The predicted octanol–water partition coefficient (Wildman–Crippen LogP) is 2.00. The fourth-order valence-electron chi connectivity index (χ4n) is 1.14. The summed E-state index contributed by atoms with van der Waals surface area (Å²) in [4.78, 5) is 10.4. The second kappa shape index (κ2) is 5.22. The third-order valence-electron chi connectivity index (χ3n) is 2.01. The number of rotatable bonds is 5. The molecule has 0 radical (unpaired) electrons. The van der Waals surface area contributed by atoms with Gasteiger partial charge in [0, 0.05) is 0 Å². The Morgan fingerprint density at radius 3 is 2.31 bits per heavy atom. The molecule has 0 aromatic rings. The van der Waals surface area contributed by atoms with Crippen LogP contribution < -0.4 is 5.73 Å². The average Bonchev–Trinajstić information content (AvgIpc) is 1.95. The van der Waals surface area contributed by atoms with E-state index in [0.717, 1.165) is 19.3 Å². The van der Waals surface area contributed by atoms with Crippen molar-refractivity contribution < 1.29 is 9.90 Å². The fourth-order valence-corrected chi connectivity index (χ4v) is 1.14. The second-order valence-electron chi connectivity index (χ2n) is 4.75. The van der Waals surface area contributed by atoms with E-state index in [4.69, 9.17) is 10.8 Å². The molecule has 0 aliphatic heterocycles. The maximum atomic E-state index is 10.4. The molecule has 3 nitrogen and oxygen atoms in total. The SMILES string of the molecule is CC(C)(C)CCCCC(N)C(=O)O. The van der Waals surface area contributed by atoms with Gasteiger partial charge in [-0.1, -0.05) is 33.6 Å². The highest BCUT2D eigenvalue weighted by molar-refractivity contribution is 5.72. The molecule has 1 atom stereocenters. The summed E-state index contributed by atoms with van der Waals surface area (Å²) in [6.45, 7) is 6.55. The zero-order valence-corrected chi connectivity index (χ0v) is 8.84. The molecule has 0 aliphatic rings. The van der Waals surface area contributed by atoms with Gasteiger partial charge >= 0.3 is 5.97 Å². The van der Waals surface area contributed by atoms with Crippen molar-refractivity contribution in [3.63, 3.8) is 0 Å². The lowest BCUT2D eigenvalue weighted by Gasteiger charge is -2.17. The number of nitrogens with two attached hydrogens (primary N) is 1. The van der Waals surface area contributed by atoms with Gasteiger partial charge in [-0.15, -0.1) is 0 Å². The molecule has 1 unspecified atom stereocenters. The van der Waals surface area contributed by atoms with Crippen LogP contribution in [0.1, 0.15) is 46.5 Å². The lowest BCUT2D eigenvalue weighted by Crippen LogP contribution is -2.29. The van der Waals surface area contributed by atoms with Crippen LogP contribution in [0.5, 0.6) is 0 Å². The van der Waals surface area contributed by atoms with Crippen LogP contribution in [-0.2, 0) is 4.79 Å². The van der Waals surface area contributed by atoms with Crippen LogP contribution in [0.3, 0.4) is 0 Å². The van der Waals surface area contributed by atoms with E-state index in [9.17, 15) is 4.79 Å². The molecule has 3 N–H and O–H groups in total.